The number of rotatable bonds is 6. The molecule has 3 nitrogen and oxygen atoms in total. The third kappa shape index (κ3) is 3.70. The van der Waals surface area contributed by atoms with Crippen molar-refractivity contribution in [1.29, 1.82) is 0 Å². The number of aliphatic hydroxyl groups excluding tert-OH is 1. The molecule has 1 N–H and O–H groups in total. The molecular formula is C15H20N2O. The molecular weight excluding hydrogens is 224 g/mol. The molecule has 0 aliphatic rings. The molecule has 0 aliphatic heterocycles. The molecule has 18 heavy (non-hydrogen) atoms. The highest BCUT2D eigenvalue weighted by Gasteiger charge is 2.07. The minimum Gasteiger partial charge on any atom is -0.393 e. The number of benzene rings is 1. The fraction of sp³-hybridized carbons (Fsp3) is 0.400. The van der Waals surface area contributed by atoms with E-state index in [0.29, 0.717) is 6.42 Å². The van der Waals surface area contributed by atoms with Crippen LogP contribution in [0.2, 0.25) is 0 Å². The molecule has 1 aromatic heterocycles. The predicted molar refractivity (Wildman–Crippen MR) is 72.4 cm³/mol. The van der Waals surface area contributed by atoms with Gasteiger partial charge in [0.05, 0.1) is 12.3 Å². The van der Waals surface area contributed by atoms with Crippen molar-refractivity contribution in [1.82, 2.24) is 9.78 Å². The third-order valence-corrected chi connectivity index (χ3v) is 3.09. The molecule has 1 heterocycles. The highest BCUT2D eigenvalue weighted by Crippen LogP contribution is 2.09. The van der Waals surface area contributed by atoms with Crippen molar-refractivity contribution in [2.75, 3.05) is 0 Å². The number of aromatic nitrogens is 2. The quantitative estimate of drug-likeness (QED) is 0.847. The summed E-state index contributed by atoms with van der Waals surface area (Å²) in [6, 6.07) is 10.3. The molecule has 1 unspecified atom stereocenters. The van der Waals surface area contributed by atoms with Gasteiger partial charge in [-0.2, -0.15) is 5.10 Å². The minimum atomic E-state index is -0.292. The molecule has 0 fully saturated rings. The van der Waals surface area contributed by atoms with Crippen LogP contribution in [0.3, 0.4) is 0 Å². The fourth-order valence-corrected chi connectivity index (χ4v) is 2.04. The van der Waals surface area contributed by atoms with Crippen molar-refractivity contribution >= 4 is 0 Å². The Kier molecular flexibility index (Phi) is 4.53. The molecule has 0 radical (unpaired) electrons. The molecule has 0 aliphatic carbocycles. The summed E-state index contributed by atoms with van der Waals surface area (Å²) in [5.41, 5.74) is 2.39. The van der Waals surface area contributed by atoms with E-state index in [4.69, 9.17) is 0 Å². The van der Waals surface area contributed by atoms with Gasteiger partial charge in [-0.25, -0.2) is 0 Å². The summed E-state index contributed by atoms with van der Waals surface area (Å²) < 4.78 is 1.89. The molecule has 2 aromatic rings. The van der Waals surface area contributed by atoms with Crippen LogP contribution in [0.5, 0.6) is 0 Å². The first kappa shape index (κ1) is 12.8. The smallest absolute Gasteiger partial charge is 0.0584 e. The first-order valence-electron chi connectivity index (χ1n) is 6.51. The van der Waals surface area contributed by atoms with E-state index in [-0.39, 0.29) is 6.10 Å². The minimum absolute atomic E-state index is 0.292. The summed E-state index contributed by atoms with van der Waals surface area (Å²) >= 11 is 0. The van der Waals surface area contributed by atoms with Gasteiger partial charge in [-0.15, -0.1) is 0 Å². The summed E-state index contributed by atoms with van der Waals surface area (Å²) in [6.07, 6.45) is 5.96. The molecule has 2 rings (SSSR count). The zero-order valence-corrected chi connectivity index (χ0v) is 10.8. The van der Waals surface area contributed by atoms with E-state index in [1.807, 2.05) is 35.3 Å². The van der Waals surface area contributed by atoms with Gasteiger partial charge in [-0.3, -0.25) is 4.68 Å². The Morgan fingerprint density at radius 3 is 2.67 bits per heavy atom. The summed E-state index contributed by atoms with van der Waals surface area (Å²) in [6.45, 7) is 2.93. The highest BCUT2D eigenvalue weighted by molar-refractivity contribution is 5.15. The molecule has 0 spiro atoms. The van der Waals surface area contributed by atoms with Crippen molar-refractivity contribution < 1.29 is 5.11 Å². The second-order valence-corrected chi connectivity index (χ2v) is 4.59. The number of hydrogen-bond donors (Lipinski definition) is 1. The van der Waals surface area contributed by atoms with Crippen LogP contribution in [0.4, 0.5) is 0 Å². The van der Waals surface area contributed by atoms with Gasteiger partial charge in [0.2, 0.25) is 0 Å². The van der Waals surface area contributed by atoms with E-state index in [1.54, 1.807) is 0 Å². The van der Waals surface area contributed by atoms with E-state index in [1.165, 1.54) is 5.56 Å². The van der Waals surface area contributed by atoms with Crippen molar-refractivity contribution in [2.45, 2.75) is 38.8 Å². The Hall–Kier alpha value is -1.61. The molecule has 0 saturated heterocycles. The second kappa shape index (κ2) is 6.36. The van der Waals surface area contributed by atoms with Crippen LogP contribution in [0.15, 0.2) is 42.7 Å². The molecule has 3 heteroatoms. The first-order chi connectivity index (χ1) is 8.78. The molecule has 0 bridgehead atoms. The van der Waals surface area contributed by atoms with E-state index >= 15 is 0 Å². The molecule has 96 valence electrons. The van der Waals surface area contributed by atoms with Crippen LogP contribution in [-0.2, 0) is 19.4 Å². The van der Waals surface area contributed by atoms with Crippen LogP contribution < -0.4 is 0 Å². The van der Waals surface area contributed by atoms with Gasteiger partial charge in [0.25, 0.3) is 0 Å². The summed E-state index contributed by atoms with van der Waals surface area (Å²) in [4.78, 5) is 0. The van der Waals surface area contributed by atoms with Crippen molar-refractivity contribution in [3.05, 3.63) is 53.9 Å². The summed E-state index contributed by atoms with van der Waals surface area (Å²) in [5.74, 6) is 0. The number of nitrogens with zero attached hydrogens (tertiary/aromatic N) is 2. The van der Waals surface area contributed by atoms with Gasteiger partial charge in [0.1, 0.15) is 0 Å². The Bertz CT molecular complexity index is 464. The SMILES string of the molecule is CCn1cc(CC(O)CCc2ccccc2)cn1. The van der Waals surface area contributed by atoms with Crippen LogP contribution in [0.1, 0.15) is 24.5 Å². The lowest BCUT2D eigenvalue weighted by atomic mass is 10.0. The van der Waals surface area contributed by atoms with Crippen LogP contribution in [0.25, 0.3) is 0 Å². The Balaban J connectivity index is 1.80. The topological polar surface area (TPSA) is 38.0 Å². The van der Waals surface area contributed by atoms with Gasteiger partial charge in [-0.05, 0) is 30.9 Å². The third-order valence-electron chi connectivity index (χ3n) is 3.09. The predicted octanol–water partition coefficient (Wildman–Crippen LogP) is 2.44. The standard InChI is InChI=1S/C15H20N2O/c1-2-17-12-14(11-16-17)10-15(18)9-8-13-6-4-3-5-7-13/h3-7,11-12,15,18H,2,8-10H2,1H3. The van der Waals surface area contributed by atoms with Crippen molar-refractivity contribution in [3.8, 4) is 0 Å². The van der Waals surface area contributed by atoms with Gasteiger partial charge in [0.15, 0.2) is 0 Å². The molecule has 0 amide bonds. The van der Waals surface area contributed by atoms with Gasteiger partial charge < -0.3 is 5.11 Å². The Morgan fingerprint density at radius 2 is 2.00 bits per heavy atom. The normalized spacial score (nSPS) is 12.6. The number of hydrogen-bond acceptors (Lipinski definition) is 2. The van der Waals surface area contributed by atoms with E-state index in [0.717, 1.165) is 24.9 Å². The van der Waals surface area contributed by atoms with Crippen LogP contribution in [-0.4, -0.2) is 21.0 Å². The summed E-state index contributed by atoms with van der Waals surface area (Å²) in [5, 5.41) is 14.2. The molecule has 1 atom stereocenters. The number of aliphatic hydroxyl groups is 1. The Morgan fingerprint density at radius 1 is 1.22 bits per heavy atom. The lowest BCUT2D eigenvalue weighted by Gasteiger charge is -2.09. The van der Waals surface area contributed by atoms with Crippen LogP contribution in [0, 0.1) is 0 Å². The number of aryl methyl sites for hydroxylation is 2. The average Bonchev–Trinajstić information content (AvgIpc) is 2.85. The lowest BCUT2D eigenvalue weighted by molar-refractivity contribution is 0.165. The van der Waals surface area contributed by atoms with Crippen molar-refractivity contribution in [3.63, 3.8) is 0 Å². The second-order valence-electron chi connectivity index (χ2n) is 4.59. The van der Waals surface area contributed by atoms with Gasteiger partial charge >= 0.3 is 0 Å². The Labute approximate surface area is 108 Å². The largest absolute Gasteiger partial charge is 0.393 e. The maximum absolute atomic E-state index is 10.0. The van der Waals surface area contributed by atoms with Crippen molar-refractivity contribution in [2.24, 2.45) is 0 Å². The van der Waals surface area contributed by atoms with E-state index < -0.39 is 0 Å². The molecule has 0 saturated carbocycles. The molecule has 1 aromatic carbocycles. The maximum atomic E-state index is 10.0. The fourth-order valence-electron chi connectivity index (χ4n) is 2.04. The zero-order valence-electron chi connectivity index (χ0n) is 10.8. The zero-order chi connectivity index (χ0) is 12.8. The average molecular weight is 244 g/mol. The van der Waals surface area contributed by atoms with E-state index in [2.05, 4.69) is 24.2 Å². The lowest BCUT2D eigenvalue weighted by Crippen LogP contribution is -2.11. The van der Waals surface area contributed by atoms with E-state index in [9.17, 15) is 5.11 Å². The summed E-state index contributed by atoms with van der Waals surface area (Å²) in [7, 11) is 0. The monoisotopic (exact) mass is 244 g/mol. The maximum Gasteiger partial charge on any atom is 0.0584 e. The van der Waals surface area contributed by atoms with Gasteiger partial charge in [0, 0.05) is 19.2 Å². The van der Waals surface area contributed by atoms with Crippen LogP contribution >= 0.6 is 0 Å². The highest BCUT2D eigenvalue weighted by atomic mass is 16.3. The van der Waals surface area contributed by atoms with Gasteiger partial charge in [-0.1, -0.05) is 30.3 Å². The first-order valence-corrected chi connectivity index (χ1v) is 6.51.